The molecule has 1 unspecified atom stereocenters. The fourth-order valence-corrected chi connectivity index (χ4v) is 4.60. The van der Waals surface area contributed by atoms with Crippen molar-refractivity contribution >= 4 is 15.7 Å². The molecule has 31 heavy (non-hydrogen) atoms. The van der Waals surface area contributed by atoms with Crippen LogP contribution in [0.3, 0.4) is 0 Å². The van der Waals surface area contributed by atoms with Gasteiger partial charge in [-0.3, -0.25) is 4.79 Å². The van der Waals surface area contributed by atoms with Crippen molar-refractivity contribution in [3.05, 3.63) is 78.3 Å². The first-order valence-corrected chi connectivity index (χ1v) is 11.3. The Morgan fingerprint density at radius 1 is 1.00 bits per heavy atom. The lowest BCUT2D eigenvalue weighted by atomic mass is 10.2. The van der Waals surface area contributed by atoms with Gasteiger partial charge in [0.1, 0.15) is 22.5 Å². The molecule has 1 atom stereocenters. The molecule has 1 amide bonds. The SMILES string of the molecule is COc1ccc(S(=O)(=O)C(CNC(=O)c2ccc(OC(C)C)cc2)c2ccco2)cc1. The number of hydrogen-bond acceptors (Lipinski definition) is 6. The van der Waals surface area contributed by atoms with Crippen LogP contribution >= 0.6 is 0 Å². The Balaban J connectivity index is 1.78. The summed E-state index contributed by atoms with van der Waals surface area (Å²) < 4.78 is 42.6. The molecule has 0 saturated carbocycles. The van der Waals surface area contributed by atoms with Crippen molar-refractivity contribution < 1.29 is 27.1 Å². The van der Waals surface area contributed by atoms with Crippen molar-refractivity contribution in [2.45, 2.75) is 30.1 Å². The van der Waals surface area contributed by atoms with Crippen molar-refractivity contribution in [2.75, 3.05) is 13.7 Å². The minimum Gasteiger partial charge on any atom is -0.497 e. The number of furan rings is 1. The first-order valence-electron chi connectivity index (χ1n) is 9.77. The maximum absolute atomic E-state index is 13.3. The van der Waals surface area contributed by atoms with E-state index < -0.39 is 21.0 Å². The summed E-state index contributed by atoms with van der Waals surface area (Å²) in [7, 11) is -2.32. The van der Waals surface area contributed by atoms with E-state index in [0.717, 1.165) is 0 Å². The highest BCUT2D eigenvalue weighted by molar-refractivity contribution is 7.91. The van der Waals surface area contributed by atoms with E-state index in [1.807, 2.05) is 13.8 Å². The molecule has 2 aromatic carbocycles. The zero-order valence-electron chi connectivity index (χ0n) is 17.6. The van der Waals surface area contributed by atoms with E-state index in [0.29, 0.717) is 17.1 Å². The summed E-state index contributed by atoms with van der Waals surface area (Å²) >= 11 is 0. The van der Waals surface area contributed by atoms with Crippen LogP contribution < -0.4 is 14.8 Å². The van der Waals surface area contributed by atoms with E-state index in [1.54, 1.807) is 48.5 Å². The number of amides is 1. The second-order valence-corrected chi connectivity index (χ2v) is 9.26. The number of hydrogen-bond donors (Lipinski definition) is 1. The summed E-state index contributed by atoms with van der Waals surface area (Å²) in [4.78, 5) is 12.7. The fraction of sp³-hybridized carbons (Fsp3) is 0.261. The Kier molecular flexibility index (Phi) is 7.02. The van der Waals surface area contributed by atoms with Gasteiger partial charge in [0.25, 0.3) is 5.91 Å². The molecule has 3 rings (SSSR count). The molecule has 0 fully saturated rings. The van der Waals surface area contributed by atoms with E-state index in [4.69, 9.17) is 13.9 Å². The molecule has 0 radical (unpaired) electrons. The van der Waals surface area contributed by atoms with Gasteiger partial charge < -0.3 is 19.2 Å². The van der Waals surface area contributed by atoms with Crippen molar-refractivity contribution in [1.82, 2.24) is 5.32 Å². The average molecular weight is 444 g/mol. The second kappa shape index (κ2) is 9.70. The van der Waals surface area contributed by atoms with Crippen LogP contribution in [0.15, 0.2) is 76.2 Å². The molecule has 0 bridgehead atoms. The highest BCUT2D eigenvalue weighted by Crippen LogP contribution is 2.30. The third kappa shape index (κ3) is 5.46. The van der Waals surface area contributed by atoms with Crippen molar-refractivity contribution in [2.24, 2.45) is 0 Å². The maximum atomic E-state index is 13.3. The number of nitrogens with one attached hydrogen (secondary N) is 1. The van der Waals surface area contributed by atoms with E-state index in [-0.39, 0.29) is 23.3 Å². The number of methoxy groups -OCH3 is 1. The molecule has 7 nitrogen and oxygen atoms in total. The molecule has 0 spiro atoms. The maximum Gasteiger partial charge on any atom is 0.251 e. The molecule has 1 aromatic heterocycles. The molecule has 0 aliphatic rings. The van der Waals surface area contributed by atoms with E-state index >= 15 is 0 Å². The Bertz CT molecular complexity index is 1090. The molecular weight excluding hydrogens is 418 g/mol. The normalized spacial score (nSPS) is 12.4. The third-order valence-corrected chi connectivity index (χ3v) is 6.64. The van der Waals surface area contributed by atoms with E-state index in [1.165, 1.54) is 25.5 Å². The third-order valence-electron chi connectivity index (χ3n) is 4.56. The first-order chi connectivity index (χ1) is 14.8. The summed E-state index contributed by atoms with van der Waals surface area (Å²) in [5, 5.41) is 1.62. The van der Waals surface area contributed by atoms with Gasteiger partial charge in [0, 0.05) is 12.1 Å². The van der Waals surface area contributed by atoms with Gasteiger partial charge in [0.15, 0.2) is 9.84 Å². The molecule has 3 aromatic rings. The van der Waals surface area contributed by atoms with Crippen LogP contribution in [0.25, 0.3) is 0 Å². The van der Waals surface area contributed by atoms with Crippen LogP contribution in [0, 0.1) is 0 Å². The average Bonchev–Trinajstić information content (AvgIpc) is 3.28. The minimum atomic E-state index is -3.83. The lowest BCUT2D eigenvalue weighted by Crippen LogP contribution is -2.31. The van der Waals surface area contributed by atoms with Crippen molar-refractivity contribution in [3.8, 4) is 11.5 Å². The summed E-state index contributed by atoms with van der Waals surface area (Å²) in [6.07, 6.45) is 1.43. The van der Waals surface area contributed by atoms with Gasteiger partial charge in [-0.15, -0.1) is 0 Å². The number of carbonyl (C=O) groups is 1. The Hall–Kier alpha value is -3.26. The van der Waals surface area contributed by atoms with Gasteiger partial charge in [0.2, 0.25) is 0 Å². The Morgan fingerprint density at radius 3 is 2.19 bits per heavy atom. The zero-order valence-corrected chi connectivity index (χ0v) is 18.4. The summed E-state index contributed by atoms with van der Waals surface area (Å²) in [6.45, 7) is 3.68. The first kappa shape index (κ1) is 22.4. The molecule has 0 saturated heterocycles. The van der Waals surface area contributed by atoms with Gasteiger partial charge in [0.05, 0.1) is 24.4 Å². The van der Waals surface area contributed by atoms with Crippen LogP contribution in [0.5, 0.6) is 11.5 Å². The van der Waals surface area contributed by atoms with Crippen LogP contribution in [0.2, 0.25) is 0 Å². The lowest BCUT2D eigenvalue weighted by molar-refractivity contribution is 0.0953. The number of carbonyl (C=O) groups excluding carboxylic acids is 1. The van der Waals surface area contributed by atoms with Gasteiger partial charge in [-0.2, -0.15) is 0 Å². The molecule has 1 N–H and O–H groups in total. The number of ether oxygens (including phenoxy) is 2. The largest absolute Gasteiger partial charge is 0.497 e. The predicted octanol–water partition coefficient (Wildman–Crippen LogP) is 4.02. The molecule has 0 aliphatic carbocycles. The van der Waals surface area contributed by atoms with Crippen LogP contribution in [0.1, 0.15) is 35.2 Å². The topological polar surface area (TPSA) is 94.8 Å². The van der Waals surface area contributed by atoms with E-state index in [9.17, 15) is 13.2 Å². The van der Waals surface area contributed by atoms with Crippen molar-refractivity contribution in [3.63, 3.8) is 0 Å². The molecular formula is C23H25NO6S. The summed E-state index contributed by atoms with van der Waals surface area (Å²) in [5.41, 5.74) is 0.399. The van der Waals surface area contributed by atoms with E-state index in [2.05, 4.69) is 5.32 Å². The van der Waals surface area contributed by atoms with Crippen molar-refractivity contribution in [1.29, 1.82) is 0 Å². The smallest absolute Gasteiger partial charge is 0.251 e. The lowest BCUT2D eigenvalue weighted by Gasteiger charge is -2.17. The highest BCUT2D eigenvalue weighted by Gasteiger charge is 2.32. The monoisotopic (exact) mass is 443 g/mol. The van der Waals surface area contributed by atoms with Gasteiger partial charge in [-0.05, 0) is 74.5 Å². The van der Waals surface area contributed by atoms with Gasteiger partial charge >= 0.3 is 0 Å². The second-order valence-electron chi connectivity index (χ2n) is 7.13. The molecule has 8 heteroatoms. The number of benzene rings is 2. The summed E-state index contributed by atoms with van der Waals surface area (Å²) in [6, 6.07) is 16.0. The van der Waals surface area contributed by atoms with Gasteiger partial charge in [-0.1, -0.05) is 0 Å². The minimum absolute atomic E-state index is 0.0249. The van der Waals surface area contributed by atoms with Crippen LogP contribution in [-0.4, -0.2) is 34.1 Å². The number of sulfone groups is 1. The predicted molar refractivity (Wildman–Crippen MR) is 116 cm³/mol. The highest BCUT2D eigenvalue weighted by atomic mass is 32.2. The quantitative estimate of drug-likeness (QED) is 0.537. The fourth-order valence-electron chi connectivity index (χ4n) is 3.01. The Morgan fingerprint density at radius 2 is 1.65 bits per heavy atom. The molecule has 164 valence electrons. The van der Waals surface area contributed by atoms with Crippen LogP contribution in [-0.2, 0) is 9.84 Å². The standard InChI is InChI=1S/C23H25NO6S/c1-16(2)30-19-8-6-17(7-9-19)23(25)24-15-22(21-5-4-14-29-21)31(26,27)20-12-10-18(28-3)11-13-20/h4-14,16,22H,15H2,1-3H3,(H,24,25). The molecule has 0 aliphatic heterocycles. The zero-order chi connectivity index (χ0) is 22.4. The van der Waals surface area contributed by atoms with Gasteiger partial charge in [-0.25, -0.2) is 8.42 Å². The Labute approximate surface area is 181 Å². The summed E-state index contributed by atoms with van der Waals surface area (Å²) in [5.74, 6) is 1.06. The molecule has 1 heterocycles. The van der Waals surface area contributed by atoms with Crippen LogP contribution in [0.4, 0.5) is 0 Å². The number of rotatable bonds is 9.